The third kappa shape index (κ3) is 1.63. The molecule has 1 atom stereocenters. The number of anilines is 1. The van der Waals surface area contributed by atoms with Crippen molar-refractivity contribution in [3.63, 3.8) is 0 Å². The average molecular weight is 236 g/mol. The van der Waals surface area contributed by atoms with Gasteiger partial charge in [0.2, 0.25) is 5.91 Å². The summed E-state index contributed by atoms with van der Waals surface area (Å²) >= 11 is 0. The molecule has 2 heterocycles. The minimum Gasteiger partial charge on any atom is -0.310 e. The molecule has 1 aliphatic heterocycles. The van der Waals surface area contributed by atoms with E-state index in [1.165, 1.54) is 0 Å². The van der Waals surface area contributed by atoms with Crippen molar-refractivity contribution in [1.82, 2.24) is 4.98 Å². The Morgan fingerprint density at radius 1 is 1.33 bits per heavy atom. The maximum atomic E-state index is 12.0. The van der Waals surface area contributed by atoms with E-state index in [2.05, 4.69) is 10.9 Å². The Labute approximate surface area is 105 Å². The first kappa shape index (κ1) is 10.8. The maximum absolute atomic E-state index is 12.0. The second-order valence-corrected chi connectivity index (χ2v) is 4.42. The molecule has 3 heteroatoms. The van der Waals surface area contributed by atoms with E-state index in [1.54, 1.807) is 11.1 Å². The highest BCUT2D eigenvalue weighted by Gasteiger charge is 2.30. The Morgan fingerprint density at radius 3 is 2.94 bits per heavy atom. The Balaban J connectivity index is 2.10. The van der Waals surface area contributed by atoms with Gasteiger partial charge in [-0.25, -0.2) is 0 Å². The molecule has 88 valence electrons. The van der Waals surface area contributed by atoms with Crippen LogP contribution < -0.4 is 4.90 Å². The second-order valence-electron chi connectivity index (χ2n) is 4.42. The number of hydrogen-bond acceptors (Lipinski definition) is 2. The fourth-order valence-electron chi connectivity index (χ4n) is 2.37. The second kappa shape index (κ2) is 4.15. The predicted molar refractivity (Wildman–Crippen MR) is 71.0 cm³/mol. The molecule has 1 saturated heterocycles. The molecule has 0 N–H and O–H groups in total. The number of terminal acetylenes is 1. The summed E-state index contributed by atoms with van der Waals surface area (Å²) in [6, 6.07) is 9.69. The lowest BCUT2D eigenvalue weighted by atomic mass is 10.1. The van der Waals surface area contributed by atoms with Crippen molar-refractivity contribution in [2.24, 2.45) is 5.92 Å². The largest absolute Gasteiger partial charge is 0.310 e. The summed E-state index contributed by atoms with van der Waals surface area (Å²) in [5, 5.41) is 0.992. The lowest BCUT2D eigenvalue weighted by Crippen LogP contribution is -2.24. The molecule has 1 aliphatic rings. The molecule has 2 aromatic rings. The van der Waals surface area contributed by atoms with Crippen molar-refractivity contribution in [3.05, 3.63) is 36.5 Å². The number of pyridine rings is 1. The summed E-state index contributed by atoms with van der Waals surface area (Å²) in [6.07, 6.45) is 7.58. The van der Waals surface area contributed by atoms with E-state index in [0.29, 0.717) is 13.0 Å². The molecule has 1 amide bonds. The summed E-state index contributed by atoms with van der Waals surface area (Å²) in [4.78, 5) is 18.1. The van der Waals surface area contributed by atoms with Crippen LogP contribution in [0.15, 0.2) is 36.5 Å². The van der Waals surface area contributed by atoms with Gasteiger partial charge in [-0.3, -0.25) is 9.78 Å². The van der Waals surface area contributed by atoms with Gasteiger partial charge in [0.05, 0.1) is 11.2 Å². The van der Waals surface area contributed by atoms with E-state index in [-0.39, 0.29) is 11.8 Å². The van der Waals surface area contributed by atoms with Gasteiger partial charge >= 0.3 is 0 Å². The maximum Gasteiger partial charge on any atom is 0.228 e. The highest BCUT2D eigenvalue weighted by atomic mass is 16.2. The van der Waals surface area contributed by atoms with Crippen molar-refractivity contribution in [2.75, 3.05) is 11.4 Å². The first-order valence-electron chi connectivity index (χ1n) is 5.90. The zero-order valence-corrected chi connectivity index (χ0v) is 9.84. The molecule has 3 nitrogen and oxygen atoms in total. The van der Waals surface area contributed by atoms with Crippen molar-refractivity contribution < 1.29 is 4.79 Å². The molecular formula is C15H12N2O. The summed E-state index contributed by atoms with van der Waals surface area (Å²) < 4.78 is 0. The van der Waals surface area contributed by atoms with E-state index in [0.717, 1.165) is 16.6 Å². The van der Waals surface area contributed by atoms with Crippen molar-refractivity contribution in [2.45, 2.75) is 6.42 Å². The first-order valence-corrected chi connectivity index (χ1v) is 5.90. The third-order valence-corrected chi connectivity index (χ3v) is 3.28. The zero-order chi connectivity index (χ0) is 12.5. The molecule has 1 aromatic heterocycles. The lowest BCUT2D eigenvalue weighted by molar-refractivity contribution is -0.117. The summed E-state index contributed by atoms with van der Waals surface area (Å²) in [5.74, 6) is 2.77. The van der Waals surface area contributed by atoms with Gasteiger partial charge in [0.25, 0.3) is 0 Å². The number of fused-ring (bicyclic) bond motifs is 1. The van der Waals surface area contributed by atoms with Gasteiger partial charge in [0.1, 0.15) is 0 Å². The lowest BCUT2D eigenvalue weighted by Gasteiger charge is -2.17. The Morgan fingerprint density at radius 2 is 2.17 bits per heavy atom. The molecule has 1 unspecified atom stereocenters. The molecule has 3 rings (SSSR count). The summed E-state index contributed by atoms with van der Waals surface area (Å²) in [6.45, 7) is 0.601. The number of hydrogen-bond donors (Lipinski definition) is 0. The molecule has 0 aliphatic carbocycles. The van der Waals surface area contributed by atoms with E-state index in [9.17, 15) is 4.79 Å². The fraction of sp³-hybridized carbons (Fsp3) is 0.200. The Hall–Kier alpha value is -2.34. The van der Waals surface area contributed by atoms with Crippen molar-refractivity contribution >= 4 is 22.5 Å². The van der Waals surface area contributed by atoms with Gasteiger partial charge in [-0.15, -0.1) is 12.3 Å². The minimum atomic E-state index is 0.0180. The standard InChI is InChI=1S/C15H12N2O/c1-2-11-9-15(18)17(10-11)14-7-8-16-13-6-4-3-5-12(13)14/h1,3-8,11H,9-10H2. The minimum absolute atomic E-state index is 0.0180. The zero-order valence-electron chi connectivity index (χ0n) is 9.84. The Bertz CT molecular complexity index is 652. The number of aromatic nitrogens is 1. The number of rotatable bonds is 1. The van der Waals surface area contributed by atoms with Crippen LogP contribution in [0.4, 0.5) is 5.69 Å². The molecule has 1 aromatic carbocycles. The number of para-hydroxylation sites is 1. The van der Waals surface area contributed by atoms with Crippen LogP contribution in [-0.4, -0.2) is 17.4 Å². The van der Waals surface area contributed by atoms with Gasteiger partial charge < -0.3 is 4.90 Å². The molecule has 0 bridgehead atoms. The highest BCUT2D eigenvalue weighted by Crippen LogP contribution is 2.30. The topological polar surface area (TPSA) is 33.2 Å². The van der Waals surface area contributed by atoms with Gasteiger partial charge in [-0.05, 0) is 12.1 Å². The van der Waals surface area contributed by atoms with Crippen LogP contribution in [0.5, 0.6) is 0 Å². The van der Waals surface area contributed by atoms with Crippen LogP contribution in [0.2, 0.25) is 0 Å². The van der Waals surface area contributed by atoms with Gasteiger partial charge in [0, 0.05) is 30.5 Å². The van der Waals surface area contributed by atoms with Crippen LogP contribution in [0.3, 0.4) is 0 Å². The van der Waals surface area contributed by atoms with E-state index < -0.39 is 0 Å². The molecular weight excluding hydrogens is 224 g/mol. The summed E-state index contributed by atoms with van der Waals surface area (Å²) in [7, 11) is 0. The smallest absolute Gasteiger partial charge is 0.228 e. The van der Waals surface area contributed by atoms with Crippen LogP contribution in [0.1, 0.15) is 6.42 Å². The van der Waals surface area contributed by atoms with Crippen molar-refractivity contribution in [3.8, 4) is 12.3 Å². The van der Waals surface area contributed by atoms with Gasteiger partial charge in [0.15, 0.2) is 0 Å². The van der Waals surface area contributed by atoms with Gasteiger partial charge in [-0.1, -0.05) is 18.2 Å². The van der Waals surface area contributed by atoms with E-state index in [4.69, 9.17) is 6.42 Å². The third-order valence-electron chi connectivity index (χ3n) is 3.28. The number of carbonyl (C=O) groups excluding carboxylic acids is 1. The molecule has 0 radical (unpaired) electrons. The highest BCUT2D eigenvalue weighted by molar-refractivity contribution is 6.04. The molecule has 18 heavy (non-hydrogen) atoms. The molecule has 1 fully saturated rings. The average Bonchev–Trinajstić information content (AvgIpc) is 2.79. The van der Waals surface area contributed by atoms with Crippen LogP contribution in [0, 0.1) is 18.3 Å². The number of amides is 1. The number of benzene rings is 1. The number of nitrogens with zero attached hydrogens (tertiary/aromatic N) is 2. The predicted octanol–water partition coefficient (Wildman–Crippen LogP) is 2.22. The van der Waals surface area contributed by atoms with E-state index >= 15 is 0 Å². The van der Waals surface area contributed by atoms with Crippen LogP contribution in [-0.2, 0) is 4.79 Å². The SMILES string of the molecule is C#CC1CC(=O)N(c2ccnc3ccccc23)C1. The van der Waals surface area contributed by atoms with Crippen LogP contribution >= 0.6 is 0 Å². The van der Waals surface area contributed by atoms with E-state index in [1.807, 2.05) is 30.3 Å². The van der Waals surface area contributed by atoms with Crippen molar-refractivity contribution in [1.29, 1.82) is 0 Å². The molecule has 0 saturated carbocycles. The fourth-order valence-corrected chi connectivity index (χ4v) is 2.37. The first-order chi connectivity index (χ1) is 8.79. The molecule has 0 spiro atoms. The normalized spacial score (nSPS) is 19.2. The Kier molecular flexibility index (Phi) is 2.49. The monoisotopic (exact) mass is 236 g/mol. The van der Waals surface area contributed by atoms with Crippen LogP contribution in [0.25, 0.3) is 10.9 Å². The summed E-state index contributed by atoms with van der Waals surface area (Å²) in [5.41, 5.74) is 1.80. The number of carbonyl (C=O) groups is 1. The van der Waals surface area contributed by atoms with Gasteiger partial charge in [-0.2, -0.15) is 0 Å². The quantitative estimate of drug-likeness (QED) is 0.711.